The number of rotatable bonds is 0. The second-order valence-electron chi connectivity index (χ2n) is 3.02. The fourth-order valence-electron chi connectivity index (χ4n) is 1.24. The smallest absolute Gasteiger partial charge is 0.0520 e. The molecular weight excluding hydrogens is 166 g/mol. The van der Waals surface area contributed by atoms with Crippen molar-refractivity contribution in [3.63, 3.8) is 0 Å². The fourth-order valence-corrected chi connectivity index (χ4v) is 2.19. The van der Waals surface area contributed by atoms with Crippen LogP contribution in [0.4, 0.5) is 5.69 Å². The van der Waals surface area contributed by atoms with Crippen molar-refractivity contribution in [2.45, 2.75) is 11.8 Å². The lowest BCUT2D eigenvalue weighted by atomic mass is 10.2. The van der Waals surface area contributed by atoms with Crippen LogP contribution in [0.2, 0.25) is 0 Å². The van der Waals surface area contributed by atoms with E-state index in [1.165, 1.54) is 16.1 Å². The van der Waals surface area contributed by atoms with Crippen LogP contribution in [0.3, 0.4) is 0 Å². The van der Waals surface area contributed by atoms with E-state index in [4.69, 9.17) is 0 Å². The molecule has 1 aliphatic heterocycles. The molecule has 1 aromatic rings. The predicted octanol–water partition coefficient (Wildman–Crippen LogP) is 3.03. The van der Waals surface area contributed by atoms with Gasteiger partial charge in [0.2, 0.25) is 0 Å². The number of anilines is 1. The Kier molecular flexibility index (Phi) is 1.85. The Bertz CT molecular complexity index is 331. The van der Waals surface area contributed by atoms with Crippen LogP contribution < -0.4 is 5.32 Å². The average molecular weight is 177 g/mol. The molecule has 0 fully saturated rings. The van der Waals surface area contributed by atoms with Gasteiger partial charge in [-0.15, -0.1) is 11.8 Å². The van der Waals surface area contributed by atoms with Crippen LogP contribution in [0, 0.1) is 6.92 Å². The van der Waals surface area contributed by atoms with Crippen LogP contribution in [0.1, 0.15) is 5.56 Å². The van der Waals surface area contributed by atoms with E-state index < -0.39 is 0 Å². The summed E-state index contributed by atoms with van der Waals surface area (Å²) in [6, 6.07) is 6.44. The van der Waals surface area contributed by atoms with Crippen molar-refractivity contribution in [2.75, 3.05) is 11.1 Å². The van der Waals surface area contributed by atoms with Crippen molar-refractivity contribution in [1.82, 2.24) is 0 Å². The average Bonchev–Trinajstić information content (AvgIpc) is 2.05. The highest BCUT2D eigenvalue weighted by molar-refractivity contribution is 7.99. The molecule has 0 spiro atoms. The number of benzene rings is 1. The van der Waals surface area contributed by atoms with Crippen molar-refractivity contribution in [2.24, 2.45) is 0 Å². The van der Waals surface area contributed by atoms with Crippen molar-refractivity contribution >= 4 is 17.4 Å². The lowest BCUT2D eigenvalue weighted by molar-refractivity contribution is 1.27. The minimum atomic E-state index is 0.983. The zero-order valence-corrected chi connectivity index (χ0v) is 7.87. The van der Waals surface area contributed by atoms with Gasteiger partial charge < -0.3 is 5.32 Å². The Morgan fingerprint density at radius 2 is 2.33 bits per heavy atom. The second-order valence-corrected chi connectivity index (χ2v) is 4.03. The highest BCUT2D eigenvalue weighted by Crippen LogP contribution is 2.34. The molecule has 0 radical (unpaired) electrons. The molecule has 1 aliphatic rings. The van der Waals surface area contributed by atoms with Gasteiger partial charge in [-0.2, -0.15) is 0 Å². The molecule has 0 atom stereocenters. The van der Waals surface area contributed by atoms with Gasteiger partial charge in [0.15, 0.2) is 0 Å². The fraction of sp³-hybridized carbons (Fsp3) is 0.200. The molecule has 62 valence electrons. The first-order valence-corrected chi connectivity index (χ1v) is 4.92. The van der Waals surface area contributed by atoms with Gasteiger partial charge >= 0.3 is 0 Å². The van der Waals surface area contributed by atoms with Crippen molar-refractivity contribution in [1.29, 1.82) is 0 Å². The van der Waals surface area contributed by atoms with Crippen LogP contribution >= 0.6 is 11.8 Å². The van der Waals surface area contributed by atoms with Crippen molar-refractivity contribution in [3.05, 3.63) is 36.0 Å². The third-order valence-electron chi connectivity index (χ3n) is 1.85. The Hall–Kier alpha value is -0.890. The first-order valence-electron chi connectivity index (χ1n) is 3.94. The van der Waals surface area contributed by atoms with Gasteiger partial charge in [0.25, 0.3) is 0 Å². The highest BCUT2D eigenvalue weighted by Gasteiger charge is 2.10. The number of aryl methyl sites for hydroxylation is 1. The molecule has 1 aromatic carbocycles. The Labute approximate surface area is 76.9 Å². The quantitative estimate of drug-likeness (QED) is 0.653. The molecule has 0 saturated heterocycles. The van der Waals surface area contributed by atoms with E-state index in [0.29, 0.717) is 0 Å². The van der Waals surface area contributed by atoms with Crippen molar-refractivity contribution in [3.8, 4) is 0 Å². The minimum Gasteiger partial charge on any atom is -0.358 e. The molecule has 0 aliphatic carbocycles. The van der Waals surface area contributed by atoms with Gasteiger partial charge in [0.1, 0.15) is 0 Å². The summed E-state index contributed by atoms with van der Waals surface area (Å²) >= 11 is 1.85. The summed E-state index contributed by atoms with van der Waals surface area (Å²) in [6.07, 6.45) is 0. The zero-order valence-electron chi connectivity index (χ0n) is 7.05. The summed E-state index contributed by atoms with van der Waals surface area (Å²) in [5, 5.41) is 3.27. The summed E-state index contributed by atoms with van der Waals surface area (Å²) < 4.78 is 0. The molecule has 0 bridgehead atoms. The van der Waals surface area contributed by atoms with E-state index in [2.05, 4.69) is 37.0 Å². The number of hydrogen-bond acceptors (Lipinski definition) is 2. The normalized spacial score (nSPS) is 15.2. The van der Waals surface area contributed by atoms with Crippen LogP contribution in [-0.4, -0.2) is 5.75 Å². The Balaban J connectivity index is 2.43. The summed E-state index contributed by atoms with van der Waals surface area (Å²) in [5.74, 6) is 0.983. The Morgan fingerprint density at radius 3 is 3.17 bits per heavy atom. The number of hydrogen-bond donors (Lipinski definition) is 1. The first-order chi connectivity index (χ1) is 5.75. The lowest BCUT2D eigenvalue weighted by Crippen LogP contribution is -2.06. The van der Waals surface area contributed by atoms with E-state index in [0.717, 1.165) is 11.4 Å². The maximum atomic E-state index is 3.90. The van der Waals surface area contributed by atoms with Crippen LogP contribution in [-0.2, 0) is 0 Å². The SMILES string of the molecule is C=C1CSc2cc(C)ccc2N1. The van der Waals surface area contributed by atoms with Crippen molar-refractivity contribution < 1.29 is 0 Å². The molecule has 2 heteroatoms. The monoisotopic (exact) mass is 177 g/mol. The molecule has 0 unspecified atom stereocenters. The van der Waals surface area contributed by atoms with E-state index in [9.17, 15) is 0 Å². The lowest BCUT2D eigenvalue weighted by Gasteiger charge is -2.19. The molecule has 12 heavy (non-hydrogen) atoms. The standard InChI is InChI=1S/C10H11NS/c1-7-3-4-9-10(5-7)12-6-8(2)11-9/h3-5,11H,2,6H2,1H3. The summed E-state index contributed by atoms with van der Waals surface area (Å²) in [6.45, 7) is 6.02. The van der Waals surface area contributed by atoms with Gasteiger partial charge in [0, 0.05) is 16.3 Å². The maximum absolute atomic E-state index is 3.90. The largest absolute Gasteiger partial charge is 0.358 e. The van der Waals surface area contributed by atoms with E-state index in [-0.39, 0.29) is 0 Å². The van der Waals surface area contributed by atoms with Crippen LogP contribution in [0.25, 0.3) is 0 Å². The van der Waals surface area contributed by atoms with Gasteiger partial charge in [-0.3, -0.25) is 0 Å². The summed E-state index contributed by atoms with van der Waals surface area (Å²) in [4.78, 5) is 1.34. The number of thioether (sulfide) groups is 1. The molecule has 1 heterocycles. The third kappa shape index (κ3) is 1.34. The molecular formula is C10H11NS. The topological polar surface area (TPSA) is 12.0 Å². The van der Waals surface area contributed by atoms with Gasteiger partial charge in [-0.05, 0) is 24.6 Å². The molecule has 0 aromatic heterocycles. The molecule has 0 amide bonds. The summed E-state index contributed by atoms with van der Waals surface area (Å²) in [5.41, 5.74) is 3.61. The molecule has 1 nitrogen and oxygen atoms in total. The van der Waals surface area contributed by atoms with Gasteiger partial charge in [-0.25, -0.2) is 0 Å². The maximum Gasteiger partial charge on any atom is 0.0520 e. The third-order valence-corrected chi connectivity index (χ3v) is 2.99. The van der Waals surface area contributed by atoms with E-state index >= 15 is 0 Å². The predicted molar refractivity (Wildman–Crippen MR) is 54.7 cm³/mol. The Morgan fingerprint density at radius 1 is 1.50 bits per heavy atom. The van der Waals surface area contributed by atoms with Gasteiger partial charge in [0.05, 0.1) is 5.69 Å². The number of nitrogens with one attached hydrogen (secondary N) is 1. The summed E-state index contributed by atoms with van der Waals surface area (Å²) in [7, 11) is 0. The van der Waals surface area contributed by atoms with E-state index in [1.807, 2.05) is 11.8 Å². The first kappa shape index (κ1) is 7.74. The molecule has 1 N–H and O–H groups in total. The van der Waals surface area contributed by atoms with Gasteiger partial charge in [-0.1, -0.05) is 12.6 Å². The molecule has 0 saturated carbocycles. The van der Waals surface area contributed by atoms with E-state index in [1.54, 1.807) is 0 Å². The second kappa shape index (κ2) is 2.87. The van der Waals surface area contributed by atoms with Crippen LogP contribution in [0.15, 0.2) is 35.4 Å². The zero-order chi connectivity index (χ0) is 8.55. The van der Waals surface area contributed by atoms with Crippen LogP contribution in [0.5, 0.6) is 0 Å². The molecule has 2 rings (SSSR count). The number of fused-ring (bicyclic) bond motifs is 1. The highest BCUT2D eigenvalue weighted by atomic mass is 32.2. The minimum absolute atomic E-state index is 0.983.